The highest BCUT2D eigenvalue weighted by Gasteiger charge is 2.14. The summed E-state index contributed by atoms with van der Waals surface area (Å²) in [5.74, 6) is 2.13. The van der Waals surface area contributed by atoms with Gasteiger partial charge < -0.3 is 5.32 Å². The largest absolute Gasteiger partial charge is 0.348 e. The summed E-state index contributed by atoms with van der Waals surface area (Å²) in [4.78, 5) is 12.8. The molecule has 1 aromatic heterocycles. The van der Waals surface area contributed by atoms with Gasteiger partial charge in [0.05, 0.1) is 23.0 Å². The van der Waals surface area contributed by atoms with Gasteiger partial charge in [0.15, 0.2) is 0 Å². The van der Waals surface area contributed by atoms with Crippen molar-refractivity contribution in [3.63, 3.8) is 0 Å². The molecule has 4 rings (SSSR count). The first kappa shape index (κ1) is 18.5. The van der Waals surface area contributed by atoms with Gasteiger partial charge in [-0.2, -0.15) is 5.10 Å². The molecule has 5 heteroatoms. The first-order valence-corrected chi connectivity index (χ1v) is 9.18. The van der Waals surface area contributed by atoms with Crippen LogP contribution in [0.5, 0.6) is 0 Å². The molecule has 0 fully saturated rings. The third-order valence-electron chi connectivity index (χ3n) is 4.71. The fraction of sp³-hybridized carbons (Fsp3) is 0.0833. The van der Waals surface area contributed by atoms with E-state index in [9.17, 15) is 9.18 Å². The van der Waals surface area contributed by atoms with Crippen molar-refractivity contribution in [3.8, 4) is 18.0 Å². The first-order valence-electron chi connectivity index (χ1n) is 9.18. The van der Waals surface area contributed by atoms with Gasteiger partial charge in [-0.05, 0) is 47.5 Å². The summed E-state index contributed by atoms with van der Waals surface area (Å²) in [7, 11) is 0. The van der Waals surface area contributed by atoms with E-state index >= 15 is 0 Å². The van der Waals surface area contributed by atoms with Crippen LogP contribution in [0.4, 0.5) is 4.39 Å². The Morgan fingerprint density at radius 1 is 1.03 bits per heavy atom. The summed E-state index contributed by atoms with van der Waals surface area (Å²) in [5.41, 5.74) is 4.11. The molecule has 1 heterocycles. The molecule has 1 amide bonds. The van der Waals surface area contributed by atoms with Crippen LogP contribution >= 0.6 is 0 Å². The minimum Gasteiger partial charge on any atom is -0.348 e. The zero-order valence-corrected chi connectivity index (χ0v) is 15.6. The van der Waals surface area contributed by atoms with Crippen molar-refractivity contribution in [2.75, 3.05) is 0 Å². The van der Waals surface area contributed by atoms with Crippen molar-refractivity contribution in [2.45, 2.75) is 13.0 Å². The number of benzene rings is 3. The lowest BCUT2D eigenvalue weighted by Gasteiger charge is -2.08. The second kappa shape index (κ2) is 7.99. The van der Waals surface area contributed by atoms with E-state index in [2.05, 4.69) is 16.3 Å². The van der Waals surface area contributed by atoms with Gasteiger partial charge in [-0.1, -0.05) is 30.3 Å². The Hall–Kier alpha value is -3.91. The van der Waals surface area contributed by atoms with Crippen LogP contribution in [0, 0.1) is 18.2 Å². The number of carbonyl (C=O) groups excluding carboxylic acids is 1. The fourth-order valence-electron chi connectivity index (χ4n) is 3.21. The van der Waals surface area contributed by atoms with Crippen LogP contribution in [-0.4, -0.2) is 15.7 Å². The number of fused-ring (bicyclic) bond motifs is 1. The fourth-order valence-corrected chi connectivity index (χ4v) is 3.21. The first-order chi connectivity index (χ1) is 14.2. The molecule has 0 radical (unpaired) electrons. The maximum Gasteiger partial charge on any atom is 0.252 e. The third kappa shape index (κ3) is 3.87. The number of terminal acetylenes is 1. The average molecular weight is 383 g/mol. The maximum absolute atomic E-state index is 13.2. The Bertz CT molecular complexity index is 1200. The van der Waals surface area contributed by atoms with Crippen LogP contribution in [0.3, 0.4) is 0 Å². The lowest BCUT2D eigenvalue weighted by atomic mass is 10.1. The molecular formula is C24H18FN3O. The normalized spacial score (nSPS) is 10.6. The second-order valence-electron chi connectivity index (χ2n) is 6.65. The highest BCUT2D eigenvalue weighted by Crippen LogP contribution is 2.22. The molecule has 0 aliphatic carbocycles. The highest BCUT2D eigenvalue weighted by atomic mass is 19.1. The third-order valence-corrected chi connectivity index (χ3v) is 4.71. The van der Waals surface area contributed by atoms with Gasteiger partial charge in [-0.15, -0.1) is 12.3 Å². The van der Waals surface area contributed by atoms with Gasteiger partial charge in [0.1, 0.15) is 5.82 Å². The number of carbonyl (C=O) groups is 1. The van der Waals surface area contributed by atoms with E-state index in [0.717, 1.165) is 27.7 Å². The highest BCUT2D eigenvalue weighted by molar-refractivity contribution is 6.06. The van der Waals surface area contributed by atoms with E-state index in [0.29, 0.717) is 18.5 Å². The van der Waals surface area contributed by atoms with E-state index < -0.39 is 0 Å². The minimum absolute atomic E-state index is 0.179. The molecule has 4 nitrogen and oxygen atoms in total. The van der Waals surface area contributed by atoms with Gasteiger partial charge >= 0.3 is 0 Å². The van der Waals surface area contributed by atoms with Crippen LogP contribution in [0.2, 0.25) is 0 Å². The number of nitrogens with zero attached hydrogens (tertiary/aromatic N) is 2. The molecule has 29 heavy (non-hydrogen) atoms. The molecule has 0 unspecified atom stereocenters. The Morgan fingerprint density at radius 2 is 1.76 bits per heavy atom. The predicted octanol–water partition coefficient (Wildman–Crippen LogP) is 4.27. The van der Waals surface area contributed by atoms with Crippen LogP contribution in [0.15, 0.2) is 72.9 Å². The topological polar surface area (TPSA) is 46.9 Å². The molecule has 0 aliphatic heterocycles. The Morgan fingerprint density at radius 3 is 2.48 bits per heavy atom. The summed E-state index contributed by atoms with van der Waals surface area (Å²) >= 11 is 0. The zero-order chi connectivity index (χ0) is 20.2. The van der Waals surface area contributed by atoms with Crippen molar-refractivity contribution in [1.82, 2.24) is 15.1 Å². The molecule has 0 aliphatic rings. The Labute approximate surface area is 168 Å². The van der Waals surface area contributed by atoms with Gasteiger partial charge in [-0.25, -0.2) is 9.07 Å². The van der Waals surface area contributed by atoms with E-state index in [1.807, 2.05) is 36.4 Å². The molecule has 0 saturated carbocycles. The van der Waals surface area contributed by atoms with Crippen molar-refractivity contribution in [2.24, 2.45) is 0 Å². The summed E-state index contributed by atoms with van der Waals surface area (Å²) < 4.78 is 14.9. The minimum atomic E-state index is -0.308. The number of amides is 1. The number of rotatable bonds is 5. The molecule has 0 bridgehead atoms. The smallest absolute Gasteiger partial charge is 0.252 e. The van der Waals surface area contributed by atoms with E-state index in [4.69, 9.17) is 6.42 Å². The van der Waals surface area contributed by atoms with Gasteiger partial charge in [0.25, 0.3) is 5.91 Å². The molecular weight excluding hydrogens is 365 g/mol. The van der Waals surface area contributed by atoms with Gasteiger partial charge in [-0.3, -0.25) is 4.79 Å². The van der Waals surface area contributed by atoms with Crippen molar-refractivity contribution >= 4 is 16.8 Å². The maximum atomic E-state index is 13.2. The number of halogens is 1. The summed E-state index contributed by atoms with van der Waals surface area (Å²) in [5, 5.41) is 8.07. The number of aromatic nitrogens is 2. The summed E-state index contributed by atoms with van der Waals surface area (Å²) in [6.07, 6.45) is 7.57. The van der Waals surface area contributed by atoms with Crippen molar-refractivity contribution in [1.29, 1.82) is 0 Å². The molecule has 142 valence electrons. The van der Waals surface area contributed by atoms with E-state index in [1.54, 1.807) is 29.1 Å². The summed E-state index contributed by atoms with van der Waals surface area (Å²) in [6, 6.07) is 19.4. The second-order valence-corrected chi connectivity index (χ2v) is 6.65. The Balaban J connectivity index is 1.55. The monoisotopic (exact) mass is 383 g/mol. The van der Waals surface area contributed by atoms with Gasteiger partial charge in [0.2, 0.25) is 0 Å². The molecule has 0 saturated heterocycles. The van der Waals surface area contributed by atoms with Crippen LogP contribution in [0.1, 0.15) is 21.5 Å². The zero-order valence-electron chi connectivity index (χ0n) is 15.6. The van der Waals surface area contributed by atoms with Crippen LogP contribution in [-0.2, 0) is 13.0 Å². The molecule has 4 aromatic rings. The van der Waals surface area contributed by atoms with Gasteiger partial charge in [0, 0.05) is 18.4 Å². The van der Waals surface area contributed by atoms with Crippen molar-refractivity contribution < 1.29 is 9.18 Å². The molecule has 1 N–H and O–H groups in total. The standard InChI is InChI=1S/C24H18FN3O/c1-2-4-17-7-9-18(10-8-17)15-26-24(29)21-5-3-6-23-22(21)16-27-28(23)20-13-11-19(25)12-14-20/h1,3,5-14,16H,4,15H2,(H,26,29). The van der Waals surface area contributed by atoms with Crippen LogP contribution < -0.4 is 5.32 Å². The lowest BCUT2D eigenvalue weighted by molar-refractivity contribution is 0.0952. The predicted molar refractivity (Wildman–Crippen MR) is 111 cm³/mol. The molecule has 3 aromatic carbocycles. The van der Waals surface area contributed by atoms with E-state index in [1.165, 1.54) is 12.1 Å². The molecule has 0 atom stereocenters. The number of hydrogen-bond acceptors (Lipinski definition) is 2. The number of nitrogens with one attached hydrogen (secondary N) is 1. The number of hydrogen-bond donors (Lipinski definition) is 1. The quantitative estimate of drug-likeness (QED) is 0.523. The lowest BCUT2D eigenvalue weighted by Crippen LogP contribution is -2.22. The average Bonchev–Trinajstić information content (AvgIpc) is 3.18. The van der Waals surface area contributed by atoms with Crippen LogP contribution in [0.25, 0.3) is 16.6 Å². The summed E-state index contributed by atoms with van der Waals surface area (Å²) in [6.45, 7) is 0.414. The SMILES string of the molecule is C#CCc1ccc(CNC(=O)c2cccc3c2cnn3-c2ccc(F)cc2)cc1. The Kier molecular flexibility index (Phi) is 5.08. The van der Waals surface area contributed by atoms with Crippen molar-refractivity contribution in [3.05, 3.63) is 95.4 Å². The van der Waals surface area contributed by atoms with E-state index in [-0.39, 0.29) is 11.7 Å². The molecule has 0 spiro atoms.